The molecule has 0 aliphatic heterocycles. The van der Waals surface area contributed by atoms with E-state index in [-0.39, 0.29) is 0 Å². The molecule has 0 saturated carbocycles. The first-order chi connectivity index (χ1) is 7.91. The van der Waals surface area contributed by atoms with E-state index < -0.39 is 0 Å². The Labute approximate surface area is 104 Å². The second-order valence-electron chi connectivity index (χ2n) is 5.24. The molecule has 0 aliphatic carbocycles. The van der Waals surface area contributed by atoms with Crippen LogP contribution < -0.4 is 0 Å². The largest absolute Gasteiger partial charge is 0.0654 e. The lowest BCUT2D eigenvalue weighted by Gasteiger charge is -2.02. The molecule has 0 bridgehead atoms. The highest BCUT2D eigenvalue weighted by Crippen LogP contribution is 2.12. The summed E-state index contributed by atoms with van der Waals surface area (Å²) in [6.07, 6.45) is 20.4. The van der Waals surface area contributed by atoms with Crippen LogP contribution in [0, 0.1) is 0 Å². The van der Waals surface area contributed by atoms with Crippen LogP contribution in [0.2, 0.25) is 0 Å². The van der Waals surface area contributed by atoms with Crippen LogP contribution in [0.4, 0.5) is 0 Å². The lowest BCUT2D eigenvalue weighted by molar-refractivity contribution is 0.538. The molecule has 0 heterocycles. The maximum atomic E-state index is 2.29. The first-order valence-corrected chi connectivity index (χ1v) is 7.91. The molecule has 0 aromatic carbocycles. The van der Waals surface area contributed by atoms with Gasteiger partial charge < -0.3 is 0 Å². The highest BCUT2D eigenvalue weighted by molar-refractivity contribution is 4.48. The van der Waals surface area contributed by atoms with Gasteiger partial charge in [0.25, 0.3) is 0 Å². The zero-order valence-electron chi connectivity index (χ0n) is 11.9. The van der Waals surface area contributed by atoms with Gasteiger partial charge in [-0.2, -0.15) is 0 Å². The highest BCUT2D eigenvalue weighted by Gasteiger charge is 1.92. The van der Waals surface area contributed by atoms with Gasteiger partial charge in [-0.3, -0.25) is 0 Å². The molecule has 0 unspecified atom stereocenters. The third kappa shape index (κ3) is 14.0. The van der Waals surface area contributed by atoms with Crippen LogP contribution >= 0.6 is 0 Å². The molecular weight excluding hydrogens is 194 g/mol. The minimum Gasteiger partial charge on any atom is -0.0654 e. The maximum Gasteiger partial charge on any atom is -0.0533 e. The summed E-state index contributed by atoms with van der Waals surface area (Å²) in [6.45, 7) is 4.58. The highest BCUT2D eigenvalue weighted by atomic mass is 14.3. The monoisotopic (exact) mass is 228 g/mol. The van der Waals surface area contributed by atoms with E-state index in [4.69, 9.17) is 0 Å². The molecule has 0 radical (unpaired) electrons. The molecular formula is C16H34. The van der Waals surface area contributed by atoms with E-state index in [1.807, 2.05) is 0 Å². The summed E-state index contributed by atoms with van der Waals surface area (Å²) < 4.78 is 0. The molecule has 0 aliphatic rings. The van der Waals surface area contributed by atoms with Crippen LogP contribution in [-0.2, 0) is 0 Å². The van der Waals surface area contributed by atoms with Crippen LogP contribution in [0.15, 0.2) is 0 Å². The zero-order chi connectivity index (χ0) is 11.9. The Morgan fingerprint density at radius 1 is 0.312 bits per heavy atom. The van der Waals surface area contributed by atoms with E-state index in [0.717, 1.165) is 0 Å². The fraction of sp³-hybridized carbons (Fsp3) is 1.00. The molecule has 0 nitrogen and oxygen atoms in total. The Balaban J connectivity index is 2.83. The topological polar surface area (TPSA) is 0 Å². The number of unbranched alkanes of at least 4 members (excludes halogenated alkanes) is 13. The number of hydrogen-bond acceptors (Lipinski definition) is 0. The summed E-state index contributed by atoms with van der Waals surface area (Å²) in [5.74, 6) is 0. The van der Waals surface area contributed by atoms with Crippen molar-refractivity contribution in [3.8, 4) is 0 Å². The molecule has 0 saturated heterocycles. The van der Waals surface area contributed by atoms with Gasteiger partial charge in [0, 0.05) is 0 Å². The van der Waals surface area contributed by atoms with Crippen molar-refractivity contribution in [2.75, 3.05) is 0 Å². The van der Waals surface area contributed by atoms with E-state index >= 15 is 0 Å². The van der Waals surface area contributed by atoms with Crippen molar-refractivity contribution >= 4 is 0 Å². The maximum absolute atomic E-state index is 2.29. The summed E-state index contributed by atoms with van der Waals surface area (Å²) in [6, 6.07) is 0. The molecule has 0 rings (SSSR count). The summed E-state index contributed by atoms with van der Waals surface area (Å²) >= 11 is 0. The van der Waals surface area contributed by atoms with Gasteiger partial charge in [-0.25, -0.2) is 0 Å². The van der Waals surface area contributed by atoms with Gasteiger partial charge in [-0.15, -0.1) is 0 Å². The van der Waals surface area contributed by atoms with Crippen LogP contribution in [0.1, 0.15) is 104 Å². The predicted molar refractivity (Wildman–Crippen MR) is 76.0 cm³/mol. The molecule has 0 amide bonds. The Kier molecular flexibility index (Phi) is 15.0. The van der Waals surface area contributed by atoms with Gasteiger partial charge in [0.2, 0.25) is 0 Å². The van der Waals surface area contributed by atoms with Crippen LogP contribution in [0.25, 0.3) is 0 Å². The Morgan fingerprint density at radius 2 is 0.500 bits per heavy atom. The minimum absolute atomic E-state index is 1.37. The van der Waals surface area contributed by atoms with E-state index in [0.29, 0.717) is 0 Å². The van der Waals surface area contributed by atoms with Gasteiger partial charge in [0.15, 0.2) is 0 Å². The minimum atomic E-state index is 1.37. The molecule has 0 spiro atoms. The second-order valence-corrected chi connectivity index (χ2v) is 5.24. The van der Waals surface area contributed by atoms with Crippen molar-refractivity contribution in [1.82, 2.24) is 0 Å². The summed E-state index contributed by atoms with van der Waals surface area (Å²) in [5.41, 5.74) is 0. The van der Waals surface area contributed by atoms with Crippen molar-refractivity contribution in [2.24, 2.45) is 0 Å². The molecule has 0 N–H and O–H groups in total. The summed E-state index contributed by atoms with van der Waals surface area (Å²) in [4.78, 5) is 0. The first kappa shape index (κ1) is 16.0. The molecule has 0 aromatic rings. The molecule has 98 valence electrons. The van der Waals surface area contributed by atoms with Crippen LogP contribution in [0.5, 0.6) is 0 Å². The van der Waals surface area contributed by atoms with Gasteiger partial charge in [-0.05, 0) is 0 Å². The first-order valence-electron chi connectivity index (χ1n) is 7.91. The lowest BCUT2D eigenvalue weighted by atomic mass is 10.1. The third-order valence-corrected chi connectivity index (χ3v) is 3.46. The average Bonchev–Trinajstić information content (AvgIpc) is 2.31. The number of rotatable bonds is 13. The lowest BCUT2D eigenvalue weighted by Crippen LogP contribution is -1.82. The Morgan fingerprint density at radius 3 is 0.688 bits per heavy atom. The third-order valence-electron chi connectivity index (χ3n) is 3.46. The fourth-order valence-corrected chi connectivity index (χ4v) is 2.27. The van der Waals surface area contributed by atoms with Gasteiger partial charge in [0.1, 0.15) is 0 Å². The van der Waals surface area contributed by atoms with Crippen LogP contribution in [0.3, 0.4) is 0 Å². The molecule has 0 heteroatoms. The molecule has 0 aromatic heterocycles. The van der Waals surface area contributed by atoms with Gasteiger partial charge >= 0.3 is 0 Å². The normalized spacial score (nSPS) is 10.9. The van der Waals surface area contributed by atoms with E-state index in [2.05, 4.69) is 13.8 Å². The Hall–Kier alpha value is 0. The van der Waals surface area contributed by atoms with Gasteiger partial charge in [0.05, 0.1) is 0 Å². The predicted octanol–water partition coefficient (Wildman–Crippen LogP) is 6.49. The van der Waals surface area contributed by atoms with Crippen molar-refractivity contribution in [3.05, 3.63) is 0 Å². The average molecular weight is 228 g/mol. The van der Waals surface area contributed by atoms with Crippen LogP contribution in [-0.4, -0.2) is 0 Å². The zero-order valence-corrected chi connectivity index (χ0v) is 11.9. The van der Waals surface area contributed by atoms with E-state index in [1.54, 1.807) is 0 Å². The summed E-state index contributed by atoms with van der Waals surface area (Å²) in [5, 5.41) is 0. The summed E-state index contributed by atoms with van der Waals surface area (Å²) in [7, 11) is 0. The quantitative estimate of drug-likeness (QED) is 0.250. The molecule has 0 atom stereocenters. The van der Waals surface area contributed by atoms with Crippen molar-refractivity contribution < 1.29 is 0 Å². The van der Waals surface area contributed by atoms with Crippen molar-refractivity contribution in [2.45, 2.75) is 104 Å². The molecule has 0 fully saturated rings. The SMILES string of the molecule is CCCCCCCCCCCCCC[13CH2][13CH3]. The Bertz CT molecular complexity index is 92.6. The smallest absolute Gasteiger partial charge is 0.0533 e. The van der Waals surface area contributed by atoms with Crippen molar-refractivity contribution in [1.29, 1.82) is 0 Å². The number of hydrogen-bond donors (Lipinski definition) is 0. The second kappa shape index (κ2) is 15.0. The van der Waals surface area contributed by atoms with Gasteiger partial charge in [-0.1, -0.05) is 104 Å². The molecule has 16 heavy (non-hydrogen) atoms. The standard InChI is InChI=1S/C16H34/c1-3-5-7-9-11-13-15-16-14-12-10-8-6-4-2/h3-16H2,1-2H3/i1+1,3+1. The van der Waals surface area contributed by atoms with Crippen molar-refractivity contribution in [3.63, 3.8) is 0 Å². The fourth-order valence-electron chi connectivity index (χ4n) is 2.27. The van der Waals surface area contributed by atoms with E-state index in [9.17, 15) is 0 Å². The van der Waals surface area contributed by atoms with E-state index in [1.165, 1.54) is 89.9 Å².